The molecular formula is C129H110Ir4N12O4-8. The Morgan fingerprint density at radius 1 is 0.255 bits per heavy atom. The molecule has 149 heavy (non-hydrogen) atoms. The van der Waals surface area contributed by atoms with Crippen LogP contribution in [-0.4, -0.2) is 59.8 Å². The van der Waals surface area contributed by atoms with E-state index in [2.05, 4.69) is 108 Å². The van der Waals surface area contributed by atoms with E-state index in [1.165, 1.54) is 50.2 Å². The van der Waals surface area contributed by atoms with Gasteiger partial charge in [-0.05, 0) is 225 Å². The van der Waals surface area contributed by atoms with Gasteiger partial charge in [0, 0.05) is 208 Å². The van der Waals surface area contributed by atoms with E-state index < -0.39 is 65.6 Å². The number of aromatic nitrogens is 12. The molecule has 0 bridgehead atoms. The van der Waals surface area contributed by atoms with Gasteiger partial charge in [0.15, 0.2) is 0 Å². The van der Waals surface area contributed by atoms with Crippen molar-refractivity contribution in [2.75, 3.05) is 0 Å². The summed E-state index contributed by atoms with van der Waals surface area (Å²) < 4.78 is 206. The second kappa shape index (κ2) is 52.3. The first-order chi connectivity index (χ1) is 79.8. The summed E-state index contributed by atoms with van der Waals surface area (Å²) in [4.78, 5) is 51.7. The largest absolute Gasteiger partial charge is 0.486 e. The summed E-state index contributed by atoms with van der Waals surface area (Å²) in [5, 5.41) is 7.35. The van der Waals surface area contributed by atoms with Crippen LogP contribution in [0.15, 0.2) is 353 Å². The number of nitrogens with zero attached hydrogens (tertiary/aromatic N) is 12. The molecule has 0 aliphatic rings. The molecule has 0 N–H and O–H groups in total. The minimum absolute atomic E-state index is 0. The molecule has 20 heteroatoms. The third-order valence-electron chi connectivity index (χ3n) is 23.2. The molecule has 754 valence electrons. The maximum atomic E-state index is 8.32. The summed E-state index contributed by atoms with van der Waals surface area (Å²) in [5.74, 6) is -3.43. The van der Waals surface area contributed by atoms with Crippen LogP contribution >= 0.6 is 0 Å². The Bertz CT molecular complexity index is 9420. The average Bonchev–Trinajstić information content (AvgIpc) is 1.63. The predicted molar refractivity (Wildman–Crippen MR) is 587 cm³/mol. The van der Waals surface area contributed by atoms with Gasteiger partial charge in [-0.25, -0.2) is 19.9 Å². The van der Waals surface area contributed by atoms with E-state index in [1.807, 2.05) is 211 Å². The van der Waals surface area contributed by atoms with E-state index in [0.29, 0.717) is 95.6 Å². The average molecular weight is 2690 g/mol. The number of hydrogen-bond acceptors (Lipinski definition) is 16. The van der Waals surface area contributed by atoms with Gasteiger partial charge in [-0.15, -0.1) is 216 Å². The molecule has 1 atom stereocenters. The van der Waals surface area contributed by atoms with Crippen LogP contribution in [0.4, 0.5) is 0 Å². The van der Waals surface area contributed by atoms with E-state index in [1.54, 1.807) is 143 Å². The van der Waals surface area contributed by atoms with Crippen molar-refractivity contribution in [3.63, 3.8) is 0 Å². The zero-order valence-corrected chi connectivity index (χ0v) is 91.7. The molecule has 16 nitrogen and oxygen atoms in total. The minimum atomic E-state index is -2.46. The summed E-state index contributed by atoms with van der Waals surface area (Å²) >= 11 is 0. The van der Waals surface area contributed by atoms with Crippen LogP contribution in [0.5, 0.6) is 0 Å². The predicted octanol–water partition coefficient (Wildman–Crippen LogP) is 32.8. The van der Waals surface area contributed by atoms with Crippen molar-refractivity contribution in [1.29, 1.82) is 0 Å². The molecule has 24 aromatic rings. The Morgan fingerprint density at radius 3 is 0.946 bits per heavy atom. The molecule has 0 aliphatic carbocycles. The van der Waals surface area contributed by atoms with Crippen molar-refractivity contribution in [2.45, 2.75) is 141 Å². The van der Waals surface area contributed by atoms with Gasteiger partial charge < -0.3 is 57.5 Å². The van der Waals surface area contributed by atoms with Gasteiger partial charge in [0.1, 0.15) is 0 Å². The molecular weight excluding hydrogens is 2550 g/mol. The smallest absolute Gasteiger partial charge is 0.216 e. The topological polar surface area (TPSA) is 207 Å². The summed E-state index contributed by atoms with van der Waals surface area (Å²) in [6.07, 6.45) is 15.3. The minimum Gasteiger partial charge on any atom is -0.486 e. The summed E-state index contributed by atoms with van der Waals surface area (Å²) in [5.41, 5.74) is 22.4. The van der Waals surface area contributed by atoms with Gasteiger partial charge in [-0.3, -0.25) is 0 Å². The summed E-state index contributed by atoms with van der Waals surface area (Å²) in [7, 11) is 0. The second-order valence-electron chi connectivity index (χ2n) is 34.3. The molecule has 8 aromatic carbocycles. The number of furan rings is 4. The number of hydrogen-bond donors (Lipinski definition) is 0. The molecule has 0 amide bonds. The zero-order valence-electron chi connectivity index (χ0n) is 106. The maximum absolute atomic E-state index is 8.32. The third-order valence-corrected chi connectivity index (χ3v) is 23.2. The Balaban J connectivity index is 0.000000162. The maximum Gasteiger partial charge on any atom is 0.216 e. The number of pyridine rings is 12. The van der Waals surface area contributed by atoms with Crippen LogP contribution in [0, 0.1) is 110 Å². The van der Waals surface area contributed by atoms with Gasteiger partial charge in [-0.1, -0.05) is 194 Å². The molecule has 16 heterocycles. The summed E-state index contributed by atoms with van der Waals surface area (Å²) in [6.45, 7) is 2.58. The van der Waals surface area contributed by atoms with E-state index in [4.69, 9.17) is 50.6 Å². The van der Waals surface area contributed by atoms with Crippen molar-refractivity contribution in [3.8, 4) is 90.1 Å². The van der Waals surface area contributed by atoms with Gasteiger partial charge >= 0.3 is 0 Å². The molecule has 24 rings (SSSR count). The van der Waals surface area contributed by atoms with Crippen LogP contribution in [0.1, 0.15) is 184 Å². The van der Waals surface area contributed by atoms with Crippen LogP contribution < -0.4 is 0 Å². The molecule has 0 fully saturated rings. The van der Waals surface area contributed by atoms with Crippen LogP contribution in [-0.2, 0) is 80.4 Å². The van der Waals surface area contributed by atoms with Crippen molar-refractivity contribution < 1.29 is 131 Å². The Hall–Kier alpha value is -14.6. The third kappa shape index (κ3) is 27.3. The fourth-order valence-electron chi connectivity index (χ4n) is 15.6. The number of fused-ring (bicyclic) bond motifs is 12. The monoisotopic (exact) mass is 2690 g/mol. The Morgan fingerprint density at radius 2 is 0.604 bits per heavy atom. The molecule has 0 aliphatic heterocycles. The first-order valence-electron chi connectivity index (χ1n) is 58.3. The number of rotatable bonds is 12. The van der Waals surface area contributed by atoms with Gasteiger partial charge in [0.2, 0.25) is 22.9 Å². The van der Waals surface area contributed by atoms with E-state index in [-0.39, 0.29) is 109 Å². The van der Waals surface area contributed by atoms with Crippen LogP contribution in [0.2, 0.25) is 0 Å². The van der Waals surface area contributed by atoms with Gasteiger partial charge in [-0.2, -0.15) is 0 Å². The van der Waals surface area contributed by atoms with Crippen molar-refractivity contribution in [2.24, 2.45) is 0 Å². The van der Waals surface area contributed by atoms with Gasteiger partial charge in [0.05, 0.1) is 22.3 Å². The first-order valence-corrected chi connectivity index (χ1v) is 46.3. The van der Waals surface area contributed by atoms with Crippen molar-refractivity contribution >= 4 is 88.3 Å². The molecule has 0 saturated heterocycles. The Kier molecular flexibility index (Phi) is 28.9. The van der Waals surface area contributed by atoms with Crippen molar-refractivity contribution in [1.82, 2.24) is 59.8 Å². The molecule has 1 unspecified atom stereocenters. The van der Waals surface area contributed by atoms with E-state index in [9.17, 15) is 0 Å². The molecule has 0 saturated carbocycles. The van der Waals surface area contributed by atoms with Crippen LogP contribution in [0.3, 0.4) is 0 Å². The first kappa shape index (κ1) is 82.3. The Labute approximate surface area is 959 Å². The van der Waals surface area contributed by atoms with Gasteiger partial charge in [0.25, 0.3) is 0 Å². The fraction of sp³-hybridized carbons (Fsp3) is 0.163. The second-order valence-corrected chi connectivity index (χ2v) is 34.3. The number of aryl methyl sites for hydroxylation is 9. The fourth-order valence-corrected chi connectivity index (χ4v) is 15.6. The normalized spacial score (nSPS) is 14.2. The zero-order chi connectivity index (χ0) is 121. The van der Waals surface area contributed by atoms with Crippen molar-refractivity contribution in [3.05, 3.63) is 456 Å². The quantitative estimate of drug-likeness (QED) is 0.104. The SMILES string of the molecule is [2H]C(C)(C)c1ccnc(-c2[c-]ccc3c2oc2nc(C)ccc23)c1.[2H]C([2H])([2H])C([2H])(C)c1ccnc(-c2[c-]ccc3c2oc2nc(C)ccc23)c1.[2H]C([2H])([2H])c1cc(-c2[c-]ccc3c2oc2ncccc23)ncc1C(C)C.[2H]C([2H])([2H])c1cc(-c2[c-]ccc3c2oc2ncccc23)ncc1C([2H])(C)C.[2H]C([2H])([2H])c1ccc(-c2[c-]cccc2)nc1.[2H]C([2H])([2H])c1ccc(-c2[c-]cccc2)nc1.[2H]C([2H])([2H])c1ccc(-c2[c-]cccc2)nc1.[2H]C([2H])([2H])c1cnc(-c2[c-]cccc2)cc1C.[Ir].[Ir].[Ir].[Ir]. The van der Waals surface area contributed by atoms with Crippen LogP contribution in [0.25, 0.3) is 178 Å². The van der Waals surface area contributed by atoms with E-state index >= 15 is 0 Å². The van der Waals surface area contributed by atoms with E-state index in [0.717, 1.165) is 133 Å². The number of benzene rings is 8. The standard InChI is InChI=1S/4C20H17N2O.C13H12N.3C12H10N.4Ir/c2*1-12(2)17-11-22-18(10-13(17)3)16-7-4-6-14-15-8-5-9-21-20(15)23-19(14)16;2*1-12(2)14-9-10-21-18(11-14)17-6-4-5-15-16-8-7-13(3)22-20(16)23-19(15)17;1-10-8-13(14-9-11(10)2)12-6-4-3-5-7-12;3*1-10-7-8-12(13-9-10)11-5-3-2-4-6-11;;;;/h2*4-6,8-12H,1-3H3;2*4-5,7-12H,1-3H3;3-6,8-9H,1-2H3;3*2-5,7-9H,1H3;;;;/q8*-1;;;;/i3D3,12D;3D3;1D3,12D;12D;2D3;3*1D3;;;;. The summed E-state index contributed by atoms with van der Waals surface area (Å²) in [6, 6.07) is 107. The molecule has 0 spiro atoms. The molecule has 16 aromatic heterocycles. The molecule has 4 radical (unpaired) electrons.